The summed E-state index contributed by atoms with van der Waals surface area (Å²) in [4.78, 5) is 18.1. The molecule has 6 heteroatoms. The number of hydrogen-bond donors (Lipinski definition) is 1. The van der Waals surface area contributed by atoms with Crippen LogP contribution in [0.3, 0.4) is 0 Å². The van der Waals surface area contributed by atoms with Crippen molar-refractivity contribution in [2.75, 3.05) is 31.2 Å². The molecule has 0 spiro atoms. The molecule has 2 aliphatic rings. The van der Waals surface area contributed by atoms with Crippen LogP contribution in [0.5, 0.6) is 0 Å². The highest BCUT2D eigenvalue weighted by molar-refractivity contribution is 6.01. The summed E-state index contributed by atoms with van der Waals surface area (Å²) in [6.07, 6.45) is 7.16. The van der Waals surface area contributed by atoms with Gasteiger partial charge in [0.1, 0.15) is 5.69 Å². The Morgan fingerprint density at radius 1 is 0.926 bits per heavy atom. The molecular weight excluding hydrogens is 338 g/mol. The molecule has 1 N–H and O–H groups in total. The lowest BCUT2D eigenvalue weighted by Gasteiger charge is -2.28. The first-order valence-electron chi connectivity index (χ1n) is 9.42. The lowest BCUT2D eigenvalue weighted by atomic mass is 9.99. The first-order chi connectivity index (χ1) is 13.3. The number of piperazine rings is 1. The molecule has 0 amide bonds. The second-order valence-electron chi connectivity index (χ2n) is 7.05. The average molecular weight is 359 g/mol. The van der Waals surface area contributed by atoms with E-state index in [9.17, 15) is 4.79 Å². The summed E-state index contributed by atoms with van der Waals surface area (Å²) in [5.74, 6) is 0.252. The molecule has 1 aliphatic heterocycles. The molecule has 0 unspecified atom stereocenters. The zero-order chi connectivity index (χ0) is 18.2. The largest absolute Gasteiger partial charge is 0.313 e. The molecule has 1 saturated heterocycles. The van der Waals surface area contributed by atoms with Crippen molar-refractivity contribution in [1.29, 1.82) is 0 Å². The minimum absolute atomic E-state index is 0.252. The first-order valence-corrected chi connectivity index (χ1v) is 9.42. The van der Waals surface area contributed by atoms with Crippen LogP contribution in [-0.4, -0.2) is 46.8 Å². The number of rotatable bonds is 3. The number of nitrogens with zero attached hydrogens (tertiary/aromatic N) is 4. The maximum atomic E-state index is 12.0. The normalized spacial score (nSPS) is 16.6. The summed E-state index contributed by atoms with van der Waals surface area (Å²) < 4.78 is 0. The summed E-state index contributed by atoms with van der Waals surface area (Å²) in [6.45, 7) is 3.77. The Labute approximate surface area is 157 Å². The summed E-state index contributed by atoms with van der Waals surface area (Å²) in [7, 11) is 0. The Morgan fingerprint density at radius 3 is 2.56 bits per heavy atom. The molecule has 3 aromatic rings. The van der Waals surface area contributed by atoms with Gasteiger partial charge < -0.3 is 5.32 Å². The van der Waals surface area contributed by atoms with Crippen LogP contribution in [0.1, 0.15) is 22.3 Å². The lowest BCUT2D eigenvalue weighted by Crippen LogP contribution is -2.49. The number of aryl methyl sites for hydroxylation is 1. The molecule has 27 heavy (non-hydrogen) atoms. The van der Waals surface area contributed by atoms with E-state index < -0.39 is 0 Å². The molecule has 136 valence electrons. The van der Waals surface area contributed by atoms with E-state index in [1.54, 1.807) is 12.4 Å². The van der Waals surface area contributed by atoms with Gasteiger partial charge in [-0.2, -0.15) is 9.89 Å². The average Bonchev–Trinajstić information content (AvgIpc) is 3.33. The van der Waals surface area contributed by atoms with Gasteiger partial charge >= 0.3 is 0 Å². The van der Waals surface area contributed by atoms with Gasteiger partial charge in [0, 0.05) is 61.7 Å². The summed E-state index contributed by atoms with van der Waals surface area (Å²) in [6, 6.07) is 10.2. The van der Waals surface area contributed by atoms with Crippen molar-refractivity contribution in [1.82, 2.24) is 20.2 Å². The topological polar surface area (TPSA) is 63.1 Å². The number of nitrogens with one attached hydrogen (secondary N) is 1. The Bertz CT molecular complexity index is 989. The Balaban J connectivity index is 1.62. The van der Waals surface area contributed by atoms with Crippen molar-refractivity contribution in [2.45, 2.75) is 12.8 Å². The first kappa shape index (κ1) is 16.2. The number of hydrogen-bond acceptors (Lipinski definition) is 5. The number of Topliss-reactive ketones (excluding diaryl/α,β-unsaturated/α-hetero) is 1. The minimum Gasteiger partial charge on any atom is -0.313 e. The number of carbonyl (C=O) groups excluding carboxylic acids is 1. The predicted octanol–water partition coefficient (Wildman–Crippen LogP) is 2.28. The molecular formula is C21H21N5O. The molecule has 1 aliphatic carbocycles. The third-order valence-electron chi connectivity index (χ3n) is 5.38. The van der Waals surface area contributed by atoms with Crippen molar-refractivity contribution < 1.29 is 4.79 Å². The highest BCUT2D eigenvalue weighted by Crippen LogP contribution is 2.34. The van der Waals surface area contributed by atoms with E-state index in [0.29, 0.717) is 6.42 Å². The van der Waals surface area contributed by atoms with Crippen LogP contribution >= 0.6 is 0 Å². The number of pyridine rings is 1. The Hall–Kier alpha value is -2.99. The van der Waals surface area contributed by atoms with Gasteiger partial charge in [-0.3, -0.25) is 14.8 Å². The van der Waals surface area contributed by atoms with Crippen LogP contribution in [0.4, 0.5) is 0 Å². The van der Waals surface area contributed by atoms with Gasteiger partial charge in [-0.1, -0.05) is 18.2 Å². The zero-order valence-electron chi connectivity index (χ0n) is 15.1. The number of carbonyl (C=O) groups is 1. The van der Waals surface area contributed by atoms with E-state index in [-0.39, 0.29) is 5.78 Å². The molecule has 1 aromatic carbocycles. The predicted molar refractivity (Wildman–Crippen MR) is 104 cm³/mol. The fourth-order valence-electron chi connectivity index (χ4n) is 3.92. The van der Waals surface area contributed by atoms with E-state index in [1.165, 1.54) is 0 Å². The standard InChI is InChI=1S/C21H21N5O/c27-20-4-2-16-13-17(1-3-18(16)20)19-14-26(25-11-9-23-10-12-25)24-21(19)15-5-7-22-8-6-15/h1,3,5-8,13-14,23H,2,4,9-12H2. The van der Waals surface area contributed by atoms with Gasteiger partial charge in [0.25, 0.3) is 0 Å². The minimum atomic E-state index is 0.252. The zero-order valence-corrected chi connectivity index (χ0v) is 15.1. The smallest absolute Gasteiger partial charge is 0.163 e. The fourth-order valence-corrected chi connectivity index (χ4v) is 3.92. The van der Waals surface area contributed by atoms with Crippen molar-refractivity contribution in [3.8, 4) is 22.4 Å². The van der Waals surface area contributed by atoms with Gasteiger partial charge in [-0.15, -0.1) is 0 Å². The number of fused-ring (bicyclic) bond motifs is 1. The number of ketones is 1. The second kappa shape index (κ2) is 6.63. The molecule has 6 nitrogen and oxygen atoms in total. The van der Waals surface area contributed by atoms with Crippen LogP contribution < -0.4 is 10.3 Å². The number of benzene rings is 1. The third kappa shape index (κ3) is 2.92. The van der Waals surface area contributed by atoms with Crippen LogP contribution in [0, 0.1) is 0 Å². The SMILES string of the molecule is O=C1CCc2cc(-c3cn(N4CCNCC4)nc3-c3ccncc3)ccc21. The lowest BCUT2D eigenvalue weighted by molar-refractivity contribution is 0.0994. The van der Waals surface area contributed by atoms with E-state index in [2.05, 4.69) is 27.6 Å². The molecule has 1 fully saturated rings. The van der Waals surface area contributed by atoms with E-state index >= 15 is 0 Å². The van der Waals surface area contributed by atoms with E-state index in [1.807, 2.05) is 29.1 Å². The molecule has 0 atom stereocenters. The second-order valence-corrected chi connectivity index (χ2v) is 7.05. The summed E-state index contributed by atoms with van der Waals surface area (Å²) >= 11 is 0. The third-order valence-corrected chi connectivity index (χ3v) is 5.38. The van der Waals surface area contributed by atoms with Gasteiger partial charge in [0.2, 0.25) is 0 Å². The summed E-state index contributed by atoms with van der Waals surface area (Å²) in [5.41, 5.74) is 6.20. The Kier molecular flexibility index (Phi) is 3.98. The maximum absolute atomic E-state index is 12.0. The summed E-state index contributed by atoms with van der Waals surface area (Å²) in [5, 5.41) is 10.5. The van der Waals surface area contributed by atoms with Crippen LogP contribution in [0.2, 0.25) is 0 Å². The van der Waals surface area contributed by atoms with Crippen LogP contribution in [0.25, 0.3) is 22.4 Å². The van der Waals surface area contributed by atoms with Gasteiger partial charge in [-0.25, -0.2) is 0 Å². The molecule has 5 rings (SSSR count). The van der Waals surface area contributed by atoms with Crippen molar-refractivity contribution in [3.63, 3.8) is 0 Å². The maximum Gasteiger partial charge on any atom is 0.163 e. The quantitative estimate of drug-likeness (QED) is 0.777. The van der Waals surface area contributed by atoms with Gasteiger partial charge in [-0.05, 0) is 29.7 Å². The van der Waals surface area contributed by atoms with Crippen molar-refractivity contribution in [2.24, 2.45) is 0 Å². The molecule has 3 heterocycles. The fraction of sp³-hybridized carbons (Fsp3) is 0.286. The highest BCUT2D eigenvalue weighted by Gasteiger charge is 2.22. The molecule has 0 saturated carbocycles. The molecule has 2 aromatic heterocycles. The van der Waals surface area contributed by atoms with E-state index in [0.717, 1.165) is 66.1 Å². The molecule has 0 bridgehead atoms. The Morgan fingerprint density at radius 2 is 1.74 bits per heavy atom. The van der Waals surface area contributed by atoms with Gasteiger partial charge in [0.05, 0.1) is 6.20 Å². The van der Waals surface area contributed by atoms with Crippen LogP contribution in [-0.2, 0) is 6.42 Å². The van der Waals surface area contributed by atoms with E-state index in [4.69, 9.17) is 5.10 Å². The monoisotopic (exact) mass is 359 g/mol. The number of aromatic nitrogens is 3. The highest BCUT2D eigenvalue weighted by atomic mass is 16.1. The van der Waals surface area contributed by atoms with Crippen molar-refractivity contribution in [3.05, 3.63) is 60.0 Å². The molecule has 0 radical (unpaired) electrons. The van der Waals surface area contributed by atoms with Gasteiger partial charge in [0.15, 0.2) is 5.78 Å². The van der Waals surface area contributed by atoms with Crippen molar-refractivity contribution >= 4 is 5.78 Å². The van der Waals surface area contributed by atoms with Crippen LogP contribution in [0.15, 0.2) is 48.9 Å².